The second-order valence-electron chi connectivity index (χ2n) is 6.34. The van der Waals surface area contributed by atoms with E-state index < -0.39 is 12.1 Å². The van der Waals surface area contributed by atoms with Gasteiger partial charge in [0.2, 0.25) is 0 Å². The van der Waals surface area contributed by atoms with Crippen LogP contribution in [0.5, 0.6) is 0 Å². The van der Waals surface area contributed by atoms with Gasteiger partial charge in [-0.1, -0.05) is 30.3 Å². The number of urea groups is 1. The Morgan fingerprint density at radius 1 is 1.07 bits per heavy atom. The fourth-order valence-electron chi connectivity index (χ4n) is 3.31. The van der Waals surface area contributed by atoms with Gasteiger partial charge in [0.25, 0.3) is 11.8 Å². The molecular formula is C19H23N4O4+. The summed E-state index contributed by atoms with van der Waals surface area (Å²) in [6.45, 7) is 2.19. The molecule has 0 spiro atoms. The first-order valence-electron chi connectivity index (χ1n) is 8.85. The Labute approximate surface area is 157 Å². The van der Waals surface area contributed by atoms with Crippen molar-refractivity contribution in [2.24, 2.45) is 0 Å². The van der Waals surface area contributed by atoms with Gasteiger partial charge >= 0.3 is 6.03 Å². The summed E-state index contributed by atoms with van der Waals surface area (Å²) >= 11 is 0. The van der Waals surface area contributed by atoms with Gasteiger partial charge in [-0.05, 0) is 12.1 Å². The fourth-order valence-corrected chi connectivity index (χ4v) is 3.31. The van der Waals surface area contributed by atoms with E-state index in [9.17, 15) is 14.4 Å². The van der Waals surface area contributed by atoms with Crippen LogP contribution < -0.4 is 15.5 Å². The second kappa shape index (κ2) is 8.50. The summed E-state index contributed by atoms with van der Waals surface area (Å²) in [6.07, 6.45) is 1.48. The SMILES string of the molecule is CNC(=O)NC(=O)[C@H](c1ccccc1)[NH+]1CCN(C(=O)c2ccco2)CC1. The number of nitrogens with zero attached hydrogens (tertiary/aromatic N) is 1. The Balaban J connectivity index is 1.71. The Morgan fingerprint density at radius 2 is 1.78 bits per heavy atom. The molecule has 1 fully saturated rings. The largest absolute Gasteiger partial charge is 0.459 e. The number of imide groups is 1. The molecule has 2 aromatic rings. The molecule has 0 radical (unpaired) electrons. The van der Waals surface area contributed by atoms with Crippen molar-refractivity contribution in [2.75, 3.05) is 33.2 Å². The van der Waals surface area contributed by atoms with E-state index in [2.05, 4.69) is 10.6 Å². The highest BCUT2D eigenvalue weighted by Gasteiger charge is 2.36. The predicted molar refractivity (Wildman–Crippen MR) is 97.1 cm³/mol. The predicted octanol–water partition coefficient (Wildman–Crippen LogP) is -0.183. The van der Waals surface area contributed by atoms with Crippen molar-refractivity contribution in [3.05, 3.63) is 60.1 Å². The van der Waals surface area contributed by atoms with Crippen molar-refractivity contribution in [3.8, 4) is 0 Å². The number of quaternary nitrogens is 1. The summed E-state index contributed by atoms with van der Waals surface area (Å²) < 4.78 is 5.18. The smallest absolute Gasteiger partial charge is 0.321 e. The third kappa shape index (κ3) is 4.35. The number of piperazine rings is 1. The Hall–Kier alpha value is -3.13. The molecule has 0 unspecified atom stereocenters. The first kappa shape index (κ1) is 18.7. The quantitative estimate of drug-likeness (QED) is 0.695. The highest BCUT2D eigenvalue weighted by Crippen LogP contribution is 2.11. The number of furan rings is 1. The Bertz CT molecular complexity index is 783. The van der Waals surface area contributed by atoms with Crippen molar-refractivity contribution in [1.29, 1.82) is 0 Å². The highest BCUT2D eigenvalue weighted by molar-refractivity contribution is 5.96. The minimum Gasteiger partial charge on any atom is -0.459 e. The third-order valence-corrected chi connectivity index (χ3v) is 4.69. The minimum absolute atomic E-state index is 0.148. The molecule has 1 atom stereocenters. The van der Waals surface area contributed by atoms with E-state index in [1.165, 1.54) is 13.3 Å². The van der Waals surface area contributed by atoms with Gasteiger partial charge < -0.3 is 19.5 Å². The molecule has 142 valence electrons. The van der Waals surface area contributed by atoms with E-state index in [1.807, 2.05) is 30.3 Å². The molecule has 1 aromatic carbocycles. The average molecular weight is 371 g/mol. The Kier molecular flexibility index (Phi) is 5.87. The van der Waals surface area contributed by atoms with Gasteiger partial charge in [-0.2, -0.15) is 0 Å². The molecule has 8 nitrogen and oxygen atoms in total. The first-order chi connectivity index (χ1) is 13.1. The zero-order chi connectivity index (χ0) is 19.2. The van der Waals surface area contributed by atoms with Crippen LogP contribution in [0.2, 0.25) is 0 Å². The number of rotatable bonds is 4. The summed E-state index contributed by atoms with van der Waals surface area (Å²) in [6, 6.07) is 11.6. The molecule has 8 heteroatoms. The molecule has 0 aliphatic carbocycles. The van der Waals surface area contributed by atoms with Crippen LogP contribution >= 0.6 is 0 Å². The van der Waals surface area contributed by atoms with Crippen LogP contribution in [-0.2, 0) is 4.79 Å². The number of hydrogen-bond donors (Lipinski definition) is 3. The van der Waals surface area contributed by atoms with E-state index in [0.29, 0.717) is 31.9 Å². The molecular weight excluding hydrogens is 348 g/mol. The van der Waals surface area contributed by atoms with Crippen molar-refractivity contribution < 1.29 is 23.7 Å². The maximum Gasteiger partial charge on any atom is 0.321 e. The van der Waals surface area contributed by atoms with Crippen molar-refractivity contribution in [3.63, 3.8) is 0 Å². The van der Waals surface area contributed by atoms with Gasteiger partial charge in [0.05, 0.1) is 32.4 Å². The van der Waals surface area contributed by atoms with E-state index in [1.54, 1.807) is 17.0 Å². The van der Waals surface area contributed by atoms with Crippen LogP contribution in [0, 0.1) is 0 Å². The molecule has 1 aliphatic heterocycles. The fraction of sp³-hybridized carbons (Fsp3) is 0.316. The van der Waals surface area contributed by atoms with Crippen LogP contribution in [0.1, 0.15) is 22.2 Å². The summed E-state index contributed by atoms with van der Waals surface area (Å²) in [5.41, 5.74) is 0.833. The number of carbonyl (C=O) groups is 3. The van der Waals surface area contributed by atoms with Crippen LogP contribution in [0.25, 0.3) is 0 Å². The van der Waals surface area contributed by atoms with E-state index in [4.69, 9.17) is 4.42 Å². The molecule has 4 amide bonds. The minimum atomic E-state index is -0.535. The number of carbonyl (C=O) groups excluding carboxylic acids is 3. The monoisotopic (exact) mass is 371 g/mol. The Morgan fingerprint density at radius 3 is 2.37 bits per heavy atom. The van der Waals surface area contributed by atoms with Crippen LogP contribution in [0.15, 0.2) is 53.1 Å². The summed E-state index contributed by atoms with van der Waals surface area (Å²) in [7, 11) is 1.46. The molecule has 27 heavy (non-hydrogen) atoms. The van der Waals surface area contributed by atoms with Crippen molar-refractivity contribution in [1.82, 2.24) is 15.5 Å². The van der Waals surface area contributed by atoms with Gasteiger partial charge in [0, 0.05) is 12.6 Å². The summed E-state index contributed by atoms with van der Waals surface area (Å²) in [4.78, 5) is 39.5. The second-order valence-corrected chi connectivity index (χ2v) is 6.34. The number of nitrogens with one attached hydrogen (secondary N) is 3. The normalized spacial score (nSPS) is 15.8. The molecule has 1 aromatic heterocycles. The van der Waals surface area contributed by atoms with Crippen molar-refractivity contribution >= 4 is 17.8 Å². The van der Waals surface area contributed by atoms with Crippen LogP contribution in [0.3, 0.4) is 0 Å². The van der Waals surface area contributed by atoms with Gasteiger partial charge in [0.15, 0.2) is 11.8 Å². The maximum absolute atomic E-state index is 12.7. The highest BCUT2D eigenvalue weighted by atomic mass is 16.3. The lowest BCUT2D eigenvalue weighted by Gasteiger charge is -2.35. The summed E-state index contributed by atoms with van der Waals surface area (Å²) in [5.74, 6) is -0.193. The van der Waals surface area contributed by atoms with Gasteiger partial charge in [-0.15, -0.1) is 0 Å². The molecule has 2 heterocycles. The molecule has 0 bridgehead atoms. The topological polar surface area (TPSA) is 96.1 Å². The van der Waals surface area contributed by atoms with Gasteiger partial charge in [0.1, 0.15) is 0 Å². The number of benzene rings is 1. The van der Waals surface area contributed by atoms with Gasteiger partial charge in [-0.25, -0.2) is 4.79 Å². The zero-order valence-electron chi connectivity index (χ0n) is 15.1. The lowest BCUT2D eigenvalue weighted by Crippen LogP contribution is -3.16. The van der Waals surface area contributed by atoms with E-state index >= 15 is 0 Å². The van der Waals surface area contributed by atoms with Crippen molar-refractivity contribution in [2.45, 2.75) is 6.04 Å². The third-order valence-electron chi connectivity index (χ3n) is 4.69. The van der Waals surface area contributed by atoms with Crippen LogP contribution in [-0.4, -0.2) is 56.0 Å². The summed E-state index contributed by atoms with van der Waals surface area (Å²) in [5, 5.41) is 4.78. The number of amides is 4. The number of hydrogen-bond acceptors (Lipinski definition) is 4. The average Bonchev–Trinajstić information content (AvgIpc) is 3.23. The lowest BCUT2D eigenvalue weighted by molar-refractivity contribution is -0.925. The first-order valence-corrected chi connectivity index (χ1v) is 8.85. The van der Waals surface area contributed by atoms with E-state index in [0.717, 1.165) is 10.5 Å². The molecule has 1 saturated heterocycles. The maximum atomic E-state index is 12.7. The zero-order valence-corrected chi connectivity index (χ0v) is 15.1. The molecule has 0 saturated carbocycles. The lowest BCUT2D eigenvalue weighted by atomic mass is 10.0. The molecule has 1 aliphatic rings. The van der Waals surface area contributed by atoms with E-state index in [-0.39, 0.29) is 11.8 Å². The van der Waals surface area contributed by atoms with Crippen LogP contribution in [0.4, 0.5) is 4.79 Å². The van der Waals surface area contributed by atoms with Gasteiger partial charge in [-0.3, -0.25) is 14.9 Å². The molecule has 3 N–H and O–H groups in total. The standard InChI is InChI=1S/C19H22N4O4/c1-20-19(26)21-17(24)16(14-6-3-2-4-7-14)22-9-11-23(12-10-22)18(25)15-8-5-13-27-15/h2-8,13,16H,9-12H2,1H3,(H2,20,21,24,26)/p+1/t16-/m0/s1. The molecule has 3 rings (SSSR count).